The van der Waals surface area contributed by atoms with Gasteiger partial charge in [0.1, 0.15) is 0 Å². The van der Waals surface area contributed by atoms with Crippen LogP contribution in [-0.2, 0) is 0 Å². The average molecular weight is 459 g/mol. The molecule has 0 bridgehead atoms. The molecular formula is C19H34IN5. The molecule has 1 aliphatic heterocycles. The first-order valence-corrected chi connectivity index (χ1v) is 9.09. The smallest absolute Gasteiger partial charge is 0.191 e. The summed E-state index contributed by atoms with van der Waals surface area (Å²) in [7, 11) is 6.07. The zero-order chi connectivity index (χ0) is 17.2. The molecule has 2 N–H and O–H groups in total. The van der Waals surface area contributed by atoms with Crippen molar-refractivity contribution >= 4 is 29.9 Å². The van der Waals surface area contributed by atoms with Crippen molar-refractivity contribution in [1.82, 2.24) is 20.4 Å². The van der Waals surface area contributed by atoms with Crippen molar-refractivity contribution in [3.8, 4) is 0 Å². The molecule has 1 aromatic rings. The van der Waals surface area contributed by atoms with Crippen molar-refractivity contribution in [2.24, 2.45) is 4.99 Å². The van der Waals surface area contributed by atoms with Crippen LogP contribution in [0.25, 0.3) is 0 Å². The normalized spacial score (nSPS) is 17.0. The third-order valence-corrected chi connectivity index (χ3v) is 4.66. The summed E-state index contributed by atoms with van der Waals surface area (Å²) in [6.45, 7) is 5.35. The number of benzene rings is 1. The van der Waals surface area contributed by atoms with Crippen molar-refractivity contribution in [2.75, 3.05) is 53.9 Å². The lowest BCUT2D eigenvalue weighted by Gasteiger charge is -2.28. The Morgan fingerprint density at radius 3 is 2.40 bits per heavy atom. The lowest BCUT2D eigenvalue weighted by atomic mass is 10.1. The number of nitrogens with zero attached hydrogens (tertiary/aromatic N) is 3. The highest BCUT2D eigenvalue weighted by Gasteiger charge is 2.14. The number of nitrogens with one attached hydrogen (secondary N) is 2. The van der Waals surface area contributed by atoms with Crippen molar-refractivity contribution < 1.29 is 0 Å². The summed E-state index contributed by atoms with van der Waals surface area (Å²) < 4.78 is 0. The SMILES string of the molecule is CN=C(NCCN1CCCCC1)NCC(c1ccccc1)N(C)C.I. The maximum absolute atomic E-state index is 4.35. The number of rotatable bonds is 7. The van der Waals surface area contributed by atoms with Crippen molar-refractivity contribution in [2.45, 2.75) is 25.3 Å². The lowest BCUT2D eigenvalue weighted by Crippen LogP contribution is -2.44. The predicted octanol–water partition coefficient (Wildman–Crippen LogP) is 2.56. The van der Waals surface area contributed by atoms with E-state index in [1.165, 1.54) is 37.9 Å². The summed E-state index contributed by atoms with van der Waals surface area (Å²) in [5.74, 6) is 0.884. The molecule has 5 nitrogen and oxygen atoms in total. The third-order valence-electron chi connectivity index (χ3n) is 4.66. The van der Waals surface area contributed by atoms with E-state index in [2.05, 4.69) is 69.9 Å². The molecular weight excluding hydrogens is 425 g/mol. The minimum atomic E-state index is 0. The number of likely N-dealkylation sites (N-methyl/N-ethyl adjacent to an activating group) is 1. The molecule has 1 fully saturated rings. The van der Waals surface area contributed by atoms with Gasteiger partial charge in [0.15, 0.2) is 5.96 Å². The summed E-state index contributed by atoms with van der Waals surface area (Å²) in [5.41, 5.74) is 1.32. The first-order chi connectivity index (χ1) is 11.7. The predicted molar refractivity (Wildman–Crippen MR) is 118 cm³/mol. The van der Waals surface area contributed by atoms with Crippen LogP contribution in [0.5, 0.6) is 0 Å². The van der Waals surface area contributed by atoms with E-state index in [9.17, 15) is 0 Å². The molecule has 0 spiro atoms. The van der Waals surface area contributed by atoms with Crippen molar-refractivity contribution in [3.05, 3.63) is 35.9 Å². The fourth-order valence-corrected chi connectivity index (χ4v) is 3.20. The first-order valence-electron chi connectivity index (χ1n) is 9.09. The van der Waals surface area contributed by atoms with Crippen molar-refractivity contribution in [1.29, 1.82) is 0 Å². The molecule has 2 rings (SSSR count). The van der Waals surface area contributed by atoms with Crippen LogP contribution in [0.2, 0.25) is 0 Å². The topological polar surface area (TPSA) is 42.9 Å². The number of hydrogen-bond donors (Lipinski definition) is 2. The number of guanidine groups is 1. The second-order valence-corrected chi connectivity index (χ2v) is 6.67. The minimum absolute atomic E-state index is 0. The second kappa shape index (κ2) is 12.5. The molecule has 1 heterocycles. The Morgan fingerprint density at radius 2 is 1.80 bits per heavy atom. The number of hydrogen-bond acceptors (Lipinski definition) is 3. The molecule has 1 saturated heterocycles. The number of aliphatic imine (C=N–C) groups is 1. The molecule has 6 heteroatoms. The van der Waals surface area contributed by atoms with Gasteiger partial charge in [-0.2, -0.15) is 0 Å². The average Bonchev–Trinajstić information content (AvgIpc) is 2.62. The number of piperidine rings is 1. The molecule has 25 heavy (non-hydrogen) atoms. The Labute approximate surface area is 170 Å². The quantitative estimate of drug-likeness (QED) is 0.374. The summed E-state index contributed by atoms with van der Waals surface area (Å²) in [6, 6.07) is 10.9. The van der Waals surface area contributed by atoms with Crippen LogP contribution in [0, 0.1) is 0 Å². The Hall–Kier alpha value is -0.860. The number of likely N-dealkylation sites (tertiary alicyclic amines) is 1. The molecule has 0 radical (unpaired) electrons. The largest absolute Gasteiger partial charge is 0.355 e. The lowest BCUT2D eigenvalue weighted by molar-refractivity contribution is 0.232. The molecule has 1 unspecified atom stereocenters. The van der Waals surface area contributed by atoms with Gasteiger partial charge in [-0.15, -0.1) is 24.0 Å². The van der Waals surface area contributed by atoms with E-state index in [-0.39, 0.29) is 24.0 Å². The third kappa shape index (κ3) is 7.92. The summed E-state index contributed by atoms with van der Waals surface area (Å²) in [5, 5.41) is 6.91. The summed E-state index contributed by atoms with van der Waals surface area (Å²) in [6.07, 6.45) is 4.07. The molecule has 1 atom stereocenters. The van der Waals surface area contributed by atoms with E-state index in [4.69, 9.17) is 0 Å². The van der Waals surface area contributed by atoms with Crippen molar-refractivity contribution in [3.63, 3.8) is 0 Å². The second-order valence-electron chi connectivity index (χ2n) is 6.67. The highest BCUT2D eigenvalue weighted by Crippen LogP contribution is 2.16. The van der Waals surface area contributed by atoms with E-state index in [0.29, 0.717) is 6.04 Å². The Morgan fingerprint density at radius 1 is 1.12 bits per heavy atom. The molecule has 1 aromatic carbocycles. The first kappa shape index (κ1) is 22.2. The Bertz CT molecular complexity index is 486. The van der Waals surface area contributed by atoms with Crippen LogP contribution < -0.4 is 10.6 Å². The van der Waals surface area contributed by atoms with Crippen LogP contribution in [0.4, 0.5) is 0 Å². The summed E-state index contributed by atoms with van der Waals surface area (Å²) in [4.78, 5) is 9.13. The molecule has 0 aromatic heterocycles. The van der Waals surface area contributed by atoms with Gasteiger partial charge in [-0.3, -0.25) is 4.99 Å². The minimum Gasteiger partial charge on any atom is -0.355 e. The molecule has 0 aliphatic carbocycles. The molecule has 0 saturated carbocycles. The van der Waals surface area contributed by atoms with Gasteiger partial charge in [0, 0.05) is 26.7 Å². The van der Waals surface area contributed by atoms with Gasteiger partial charge in [-0.05, 0) is 45.6 Å². The fourth-order valence-electron chi connectivity index (χ4n) is 3.20. The Kier molecular flexibility index (Phi) is 11.1. The van der Waals surface area contributed by atoms with Gasteiger partial charge in [0.25, 0.3) is 0 Å². The molecule has 0 amide bonds. The standard InChI is InChI=1S/C19H33N5.HI/c1-20-19(21-12-15-24-13-8-5-9-14-24)22-16-18(23(2)3)17-10-6-4-7-11-17;/h4,6-7,10-11,18H,5,8-9,12-16H2,1-3H3,(H2,20,21,22);1H. The monoisotopic (exact) mass is 459 g/mol. The van der Waals surface area contributed by atoms with Gasteiger partial charge < -0.3 is 20.4 Å². The summed E-state index contributed by atoms with van der Waals surface area (Å²) >= 11 is 0. The van der Waals surface area contributed by atoms with Gasteiger partial charge in [0.05, 0.1) is 6.04 Å². The van der Waals surface area contributed by atoms with Crippen LogP contribution >= 0.6 is 24.0 Å². The van der Waals surface area contributed by atoms with E-state index in [1.54, 1.807) is 0 Å². The molecule has 1 aliphatic rings. The zero-order valence-electron chi connectivity index (χ0n) is 15.9. The van der Waals surface area contributed by atoms with Gasteiger partial charge in [0.2, 0.25) is 0 Å². The van der Waals surface area contributed by atoms with Gasteiger partial charge in [-0.1, -0.05) is 36.8 Å². The van der Waals surface area contributed by atoms with E-state index in [0.717, 1.165) is 25.6 Å². The maximum Gasteiger partial charge on any atom is 0.191 e. The van der Waals surface area contributed by atoms with Gasteiger partial charge in [-0.25, -0.2) is 0 Å². The van der Waals surface area contributed by atoms with Crippen LogP contribution in [0.1, 0.15) is 30.9 Å². The Balaban J connectivity index is 0.00000312. The van der Waals surface area contributed by atoms with E-state index in [1.807, 2.05) is 7.05 Å². The van der Waals surface area contributed by atoms with E-state index >= 15 is 0 Å². The van der Waals surface area contributed by atoms with Crippen LogP contribution in [-0.4, -0.2) is 69.6 Å². The molecule has 142 valence electrons. The zero-order valence-corrected chi connectivity index (χ0v) is 18.2. The van der Waals surface area contributed by atoms with Crippen LogP contribution in [0.15, 0.2) is 35.3 Å². The maximum atomic E-state index is 4.35. The highest BCUT2D eigenvalue weighted by molar-refractivity contribution is 14.0. The van der Waals surface area contributed by atoms with Crippen LogP contribution in [0.3, 0.4) is 0 Å². The van der Waals surface area contributed by atoms with E-state index < -0.39 is 0 Å². The van der Waals surface area contributed by atoms with Gasteiger partial charge >= 0.3 is 0 Å². The number of halogens is 1. The highest BCUT2D eigenvalue weighted by atomic mass is 127. The fraction of sp³-hybridized carbons (Fsp3) is 0.632.